The van der Waals surface area contributed by atoms with Gasteiger partial charge in [0.05, 0.1) is 12.0 Å². The standard InChI is InChI=1S/C21H35N3O5S/c1-16(17-7-6-14-24(15-17)20(25)29-21(2,3)4)22-12-13-23-30(26,27)19-10-8-18(28-5)9-11-19/h8-11,16-17,22-23H,6-7,12-15H2,1-5H3/t16-,17-/m1/s1. The topological polar surface area (TPSA) is 97.0 Å². The molecular weight excluding hydrogens is 406 g/mol. The molecule has 1 aromatic carbocycles. The second-order valence-electron chi connectivity index (χ2n) is 8.64. The van der Waals surface area contributed by atoms with Gasteiger partial charge in [-0.1, -0.05) is 0 Å². The zero-order chi connectivity index (χ0) is 22.4. The van der Waals surface area contributed by atoms with Gasteiger partial charge < -0.3 is 19.7 Å². The SMILES string of the molecule is COc1ccc(S(=O)(=O)NCCN[C@H](C)[C@@H]2CCCN(C(=O)OC(C)(C)C)C2)cc1. The summed E-state index contributed by atoms with van der Waals surface area (Å²) in [4.78, 5) is 14.3. The van der Waals surface area contributed by atoms with Gasteiger partial charge in [0.25, 0.3) is 0 Å². The first kappa shape index (κ1) is 24.4. The van der Waals surface area contributed by atoms with Crippen LogP contribution in [-0.4, -0.2) is 64.3 Å². The van der Waals surface area contributed by atoms with Gasteiger partial charge in [-0.25, -0.2) is 17.9 Å². The molecule has 0 bridgehead atoms. The van der Waals surface area contributed by atoms with Crippen LogP contribution in [0.25, 0.3) is 0 Å². The molecule has 1 fully saturated rings. The molecular formula is C21H35N3O5S. The van der Waals surface area contributed by atoms with Crippen molar-refractivity contribution in [1.29, 1.82) is 0 Å². The second kappa shape index (κ2) is 10.5. The Kier molecular flexibility index (Phi) is 8.52. The number of hydrogen-bond donors (Lipinski definition) is 2. The molecule has 0 radical (unpaired) electrons. The van der Waals surface area contributed by atoms with Gasteiger partial charge in [-0.3, -0.25) is 0 Å². The van der Waals surface area contributed by atoms with Crippen molar-refractivity contribution in [3.05, 3.63) is 24.3 Å². The number of nitrogens with zero attached hydrogens (tertiary/aromatic N) is 1. The van der Waals surface area contributed by atoms with E-state index < -0.39 is 15.6 Å². The highest BCUT2D eigenvalue weighted by atomic mass is 32.2. The minimum absolute atomic E-state index is 0.153. The van der Waals surface area contributed by atoms with Crippen LogP contribution in [-0.2, 0) is 14.8 Å². The Labute approximate surface area is 180 Å². The maximum absolute atomic E-state index is 12.4. The second-order valence-corrected chi connectivity index (χ2v) is 10.4. The molecule has 1 amide bonds. The lowest BCUT2D eigenvalue weighted by molar-refractivity contribution is 0.0149. The number of piperidine rings is 1. The molecule has 8 nitrogen and oxygen atoms in total. The number of benzene rings is 1. The molecule has 2 rings (SSSR count). The third-order valence-corrected chi connectivity index (χ3v) is 6.55. The molecule has 1 aromatic rings. The van der Waals surface area contributed by atoms with Crippen LogP contribution in [0, 0.1) is 5.92 Å². The van der Waals surface area contributed by atoms with Crippen molar-refractivity contribution < 1.29 is 22.7 Å². The lowest BCUT2D eigenvalue weighted by Crippen LogP contribution is -2.48. The van der Waals surface area contributed by atoms with Crippen molar-refractivity contribution in [3.8, 4) is 5.75 Å². The lowest BCUT2D eigenvalue weighted by atomic mass is 9.92. The molecule has 0 aromatic heterocycles. The maximum atomic E-state index is 12.4. The fraction of sp³-hybridized carbons (Fsp3) is 0.667. The Balaban J connectivity index is 1.78. The molecule has 0 aliphatic carbocycles. The van der Waals surface area contributed by atoms with E-state index in [0.29, 0.717) is 31.3 Å². The number of nitrogens with one attached hydrogen (secondary N) is 2. The summed E-state index contributed by atoms with van der Waals surface area (Å²) in [7, 11) is -2.03. The Morgan fingerprint density at radius 1 is 1.23 bits per heavy atom. The van der Waals surface area contributed by atoms with Gasteiger partial charge >= 0.3 is 6.09 Å². The molecule has 1 saturated heterocycles. The maximum Gasteiger partial charge on any atom is 0.410 e. The highest BCUT2D eigenvalue weighted by molar-refractivity contribution is 7.89. The van der Waals surface area contributed by atoms with Crippen LogP contribution in [0.4, 0.5) is 4.79 Å². The minimum Gasteiger partial charge on any atom is -0.497 e. The molecule has 2 N–H and O–H groups in total. The number of likely N-dealkylation sites (tertiary alicyclic amines) is 1. The number of carbonyl (C=O) groups excluding carboxylic acids is 1. The van der Waals surface area contributed by atoms with E-state index in [1.807, 2.05) is 20.8 Å². The van der Waals surface area contributed by atoms with Crippen molar-refractivity contribution in [1.82, 2.24) is 14.9 Å². The van der Waals surface area contributed by atoms with Crippen molar-refractivity contribution >= 4 is 16.1 Å². The first-order valence-corrected chi connectivity index (χ1v) is 11.8. The van der Waals surface area contributed by atoms with Gasteiger partial charge in [0, 0.05) is 32.2 Å². The summed E-state index contributed by atoms with van der Waals surface area (Å²) in [5.41, 5.74) is -0.505. The van der Waals surface area contributed by atoms with Crippen LogP contribution in [0.1, 0.15) is 40.5 Å². The Hall–Kier alpha value is -1.84. The predicted octanol–water partition coefficient (Wildman–Crippen LogP) is 2.60. The van der Waals surface area contributed by atoms with Crippen LogP contribution in [0.15, 0.2) is 29.2 Å². The third-order valence-electron chi connectivity index (χ3n) is 5.07. The molecule has 0 saturated carbocycles. The van der Waals surface area contributed by atoms with E-state index in [1.54, 1.807) is 17.0 Å². The Morgan fingerprint density at radius 2 is 1.90 bits per heavy atom. The highest BCUT2D eigenvalue weighted by Gasteiger charge is 2.30. The van der Waals surface area contributed by atoms with E-state index in [2.05, 4.69) is 17.0 Å². The molecule has 0 unspecified atom stereocenters. The van der Waals surface area contributed by atoms with Crippen molar-refractivity contribution in [2.24, 2.45) is 5.92 Å². The molecule has 1 aliphatic heterocycles. The van der Waals surface area contributed by atoms with Crippen LogP contribution >= 0.6 is 0 Å². The first-order chi connectivity index (χ1) is 14.0. The number of ether oxygens (including phenoxy) is 2. The largest absolute Gasteiger partial charge is 0.497 e. The number of sulfonamides is 1. The van der Waals surface area contributed by atoms with Crippen LogP contribution < -0.4 is 14.8 Å². The highest BCUT2D eigenvalue weighted by Crippen LogP contribution is 2.22. The van der Waals surface area contributed by atoms with Crippen LogP contribution in [0.3, 0.4) is 0 Å². The number of rotatable bonds is 8. The Bertz CT molecular complexity index is 790. The summed E-state index contributed by atoms with van der Waals surface area (Å²) in [5, 5.41) is 3.38. The fourth-order valence-electron chi connectivity index (χ4n) is 3.40. The van der Waals surface area contributed by atoms with Gasteiger partial charge in [0.15, 0.2) is 0 Å². The molecule has 170 valence electrons. The molecule has 1 aliphatic rings. The first-order valence-electron chi connectivity index (χ1n) is 10.4. The summed E-state index contributed by atoms with van der Waals surface area (Å²) in [6.45, 7) is 9.79. The Morgan fingerprint density at radius 3 is 2.50 bits per heavy atom. The van der Waals surface area contributed by atoms with E-state index in [-0.39, 0.29) is 23.6 Å². The smallest absolute Gasteiger partial charge is 0.410 e. The lowest BCUT2D eigenvalue weighted by Gasteiger charge is -2.36. The minimum atomic E-state index is -3.56. The average molecular weight is 442 g/mol. The average Bonchev–Trinajstić information content (AvgIpc) is 2.70. The summed E-state index contributed by atoms with van der Waals surface area (Å²) in [6.07, 6.45) is 1.68. The summed E-state index contributed by atoms with van der Waals surface area (Å²) < 4.78 is 37.9. The number of carbonyl (C=O) groups is 1. The molecule has 1 heterocycles. The third kappa shape index (κ3) is 7.45. The van der Waals surface area contributed by atoms with E-state index in [0.717, 1.165) is 12.8 Å². The van der Waals surface area contributed by atoms with Gasteiger partial charge in [-0.05, 0) is 70.7 Å². The van der Waals surface area contributed by atoms with Crippen LogP contribution in [0.5, 0.6) is 5.75 Å². The summed E-state index contributed by atoms with van der Waals surface area (Å²) in [6, 6.07) is 6.43. The molecule has 0 spiro atoms. The van der Waals surface area contributed by atoms with Gasteiger partial charge in [0.2, 0.25) is 10.0 Å². The molecule has 30 heavy (non-hydrogen) atoms. The van der Waals surface area contributed by atoms with Gasteiger partial charge in [-0.15, -0.1) is 0 Å². The van der Waals surface area contributed by atoms with Crippen molar-refractivity contribution in [2.75, 3.05) is 33.3 Å². The summed E-state index contributed by atoms with van der Waals surface area (Å²) in [5.74, 6) is 0.904. The van der Waals surface area contributed by atoms with Crippen LogP contribution in [0.2, 0.25) is 0 Å². The fourth-order valence-corrected chi connectivity index (χ4v) is 4.43. The zero-order valence-corrected chi connectivity index (χ0v) is 19.4. The number of hydrogen-bond acceptors (Lipinski definition) is 6. The van der Waals surface area contributed by atoms with E-state index in [4.69, 9.17) is 9.47 Å². The predicted molar refractivity (Wildman–Crippen MR) is 116 cm³/mol. The summed E-state index contributed by atoms with van der Waals surface area (Å²) >= 11 is 0. The number of amides is 1. The van der Waals surface area contributed by atoms with Gasteiger partial charge in [-0.2, -0.15) is 0 Å². The van der Waals surface area contributed by atoms with Crippen molar-refractivity contribution in [2.45, 2.75) is 57.1 Å². The molecule has 2 atom stereocenters. The van der Waals surface area contributed by atoms with Gasteiger partial charge in [0.1, 0.15) is 11.4 Å². The normalized spacial score (nSPS) is 18.7. The van der Waals surface area contributed by atoms with E-state index in [1.165, 1.54) is 19.2 Å². The van der Waals surface area contributed by atoms with E-state index in [9.17, 15) is 13.2 Å². The number of methoxy groups -OCH3 is 1. The zero-order valence-electron chi connectivity index (χ0n) is 18.6. The quantitative estimate of drug-likeness (QED) is 0.602. The van der Waals surface area contributed by atoms with E-state index >= 15 is 0 Å². The monoisotopic (exact) mass is 441 g/mol. The van der Waals surface area contributed by atoms with Crippen molar-refractivity contribution in [3.63, 3.8) is 0 Å². The molecule has 9 heteroatoms.